The van der Waals surface area contributed by atoms with Crippen LogP contribution in [0.4, 0.5) is 0 Å². The Hall–Kier alpha value is -0.360. The van der Waals surface area contributed by atoms with Crippen molar-refractivity contribution in [3.05, 3.63) is 27.9 Å². The van der Waals surface area contributed by atoms with Crippen LogP contribution in [-0.2, 0) is 5.75 Å². The summed E-state index contributed by atoms with van der Waals surface area (Å²) >= 11 is 5.26. The van der Waals surface area contributed by atoms with Gasteiger partial charge in [0.15, 0.2) is 0 Å². The lowest BCUT2D eigenvalue weighted by Gasteiger charge is -2.07. The third-order valence-corrected chi connectivity index (χ3v) is 5.26. The summed E-state index contributed by atoms with van der Waals surface area (Å²) in [6, 6.07) is 2.11. The number of thiazole rings is 1. The molecule has 2 rings (SSSR count). The molecule has 2 aromatic rings. The molecule has 0 aliphatic carbocycles. The average molecular weight is 285 g/mol. The highest BCUT2D eigenvalue weighted by Gasteiger charge is 2.07. The molecule has 1 N–H and O–H groups in total. The van der Waals surface area contributed by atoms with Crippen molar-refractivity contribution in [2.24, 2.45) is 0 Å². The van der Waals surface area contributed by atoms with Gasteiger partial charge < -0.3 is 5.11 Å². The van der Waals surface area contributed by atoms with Gasteiger partial charge in [0.2, 0.25) is 0 Å². The molecule has 0 saturated heterocycles. The highest BCUT2D eigenvalue weighted by Crippen LogP contribution is 2.28. The van der Waals surface area contributed by atoms with E-state index in [1.54, 1.807) is 22.7 Å². The Morgan fingerprint density at radius 3 is 3.06 bits per heavy atom. The SMILES string of the molecule is CC(CCO)SCc1csc(-c2ccsc2)n1. The fourth-order valence-corrected chi connectivity index (χ4v) is 3.90. The number of aromatic nitrogens is 1. The largest absolute Gasteiger partial charge is 0.396 e. The summed E-state index contributed by atoms with van der Waals surface area (Å²) in [5.74, 6) is 0.932. The minimum Gasteiger partial charge on any atom is -0.396 e. The average Bonchev–Trinajstić information content (AvgIpc) is 2.97. The summed E-state index contributed by atoms with van der Waals surface area (Å²) in [6.45, 7) is 2.42. The quantitative estimate of drug-likeness (QED) is 0.874. The maximum Gasteiger partial charge on any atom is 0.124 e. The number of thioether (sulfide) groups is 1. The van der Waals surface area contributed by atoms with Crippen LogP contribution in [0.1, 0.15) is 19.0 Å². The Bertz CT molecular complexity index is 438. The molecule has 1 unspecified atom stereocenters. The summed E-state index contributed by atoms with van der Waals surface area (Å²) in [5, 5.41) is 16.8. The summed E-state index contributed by atoms with van der Waals surface area (Å²) in [4.78, 5) is 4.63. The second-order valence-electron chi connectivity index (χ2n) is 3.79. The van der Waals surface area contributed by atoms with E-state index in [4.69, 9.17) is 5.11 Å². The van der Waals surface area contributed by atoms with E-state index in [1.165, 1.54) is 5.56 Å². The Labute approximate surface area is 114 Å². The van der Waals surface area contributed by atoms with Gasteiger partial charge in [-0.3, -0.25) is 0 Å². The van der Waals surface area contributed by atoms with Crippen LogP contribution in [0.2, 0.25) is 0 Å². The van der Waals surface area contributed by atoms with Crippen molar-refractivity contribution in [1.82, 2.24) is 4.98 Å². The maximum atomic E-state index is 8.84. The van der Waals surface area contributed by atoms with Gasteiger partial charge in [-0.2, -0.15) is 23.1 Å². The van der Waals surface area contributed by atoms with E-state index in [2.05, 4.69) is 34.1 Å². The molecule has 0 spiro atoms. The lowest BCUT2D eigenvalue weighted by Crippen LogP contribution is -1.99. The van der Waals surface area contributed by atoms with Gasteiger partial charge in [0, 0.05) is 33.9 Å². The number of hydrogen-bond acceptors (Lipinski definition) is 5. The molecule has 0 amide bonds. The molecule has 5 heteroatoms. The molecule has 2 heterocycles. The highest BCUT2D eigenvalue weighted by atomic mass is 32.2. The van der Waals surface area contributed by atoms with E-state index in [9.17, 15) is 0 Å². The number of hydrogen-bond donors (Lipinski definition) is 1. The van der Waals surface area contributed by atoms with Gasteiger partial charge >= 0.3 is 0 Å². The molecule has 17 heavy (non-hydrogen) atoms. The van der Waals surface area contributed by atoms with Crippen molar-refractivity contribution in [3.8, 4) is 10.6 Å². The molecule has 0 bridgehead atoms. The van der Waals surface area contributed by atoms with Crippen LogP contribution in [0, 0.1) is 0 Å². The van der Waals surface area contributed by atoms with Crippen LogP contribution in [0.25, 0.3) is 10.6 Å². The summed E-state index contributed by atoms with van der Waals surface area (Å²) in [5.41, 5.74) is 2.37. The maximum absolute atomic E-state index is 8.84. The number of thiophene rings is 1. The Kier molecular flexibility index (Phi) is 5.03. The van der Waals surface area contributed by atoms with Crippen molar-refractivity contribution in [2.45, 2.75) is 24.3 Å². The molecule has 0 fully saturated rings. The van der Waals surface area contributed by atoms with Gasteiger partial charge in [-0.05, 0) is 17.9 Å². The fraction of sp³-hybridized carbons (Fsp3) is 0.417. The molecule has 0 aliphatic heterocycles. The van der Waals surface area contributed by atoms with Crippen LogP contribution in [-0.4, -0.2) is 21.9 Å². The highest BCUT2D eigenvalue weighted by molar-refractivity contribution is 7.99. The van der Waals surface area contributed by atoms with Gasteiger partial charge in [-0.25, -0.2) is 4.98 Å². The Balaban J connectivity index is 1.91. The standard InChI is InChI=1S/C12H15NOS3/c1-9(2-4-14)16-7-11-8-17-12(13-11)10-3-5-15-6-10/h3,5-6,8-9,14H,2,4,7H2,1H3. The predicted octanol–water partition coefficient (Wildman–Crippen LogP) is 3.88. The van der Waals surface area contributed by atoms with E-state index in [0.717, 1.165) is 22.9 Å². The van der Waals surface area contributed by atoms with Gasteiger partial charge in [-0.15, -0.1) is 11.3 Å². The van der Waals surface area contributed by atoms with Crippen LogP contribution in [0.15, 0.2) is 22.2 Å². The third kappa shape index (κ3) is 3.81. The van der Waals surface area contributed by atoms with Crippen molar-refractivity contribution in [3.63, 3.8) is 0 Å². The minimum atomic E-state index is 0.269. The number of rotatable bonds is 6. The van der Waals surface area contributed by atoms with E-state index in [1.807, 2.05) is 11.8 Å². The molecule has 1 atom stereocenters. The fourth-order valence-electron chi connectivity index (χ4n) is 1.38. The Morgan fingerprint density at radius 1 is 1.47 bits per heavy atom. The number of aliphatic hydroxyl groups is 1. The molecule has 2 aromatic heterocycles. The molecule has 0 saturated carbocycles. The number of aliphatic hydroxyl groups excluding tert-OH is 1. The zero-order valence-corrected chi connectivity index (χ0v) is 12.1. The molecule has 0 aromatic carbocycles. The van der Waals surface area contributed by atoms with E-state index in [-0.39, 0.29) is 6.61 Å². The third-order valence-electron chi connectivity index (χ3n) is 2.37. The van der Waals surface area contributed by atoms with Crippen LogP contribution < -0.4 is 0 Å². The zero-order valence-electron chi connectivity index (χ0n) is 9.63. The second-order valence-corrected chi connectivity index (χ2v) is 6.85. The van der Waals surface area contributed by atoms with Gasteiger partial charge in [-0.1, -0.05) is 6.92 Å². The molecular weight excluding hydrogens is 270 g/mol. The molecular formula is C12H15NOS3. The summed E-state index contributed by atoms with van der Waals surface area (Å²) in [7, 11) is 0. The normalized spacial score (nSPS) is 12.8. The van der Waals surface area contributed by atoms with Gasteiger partial charge in [0.25, 0.3) is 0 Å². The van der Waals surface area contributed by atoms with Gasteiger partial charge in [0.05, 0.1) is 5.69 Å². The molecule has 0 radical (unpaired) electrons. The topological polar surface area (TPSA) is 33.1 Å². The van der Waals surface area contributed by atoms with E-state index >= 15 is 0 Å². The van der Waals surface area contributed by atoms with Crippen molar-refractivity contribution >= 4 is 34.4 Å². The van der Waals surface area contributed by atoms with E-state index < -0.39 is 0 Å². The molecule has 0 aliphatic rings. The van der Waals surface area contributed by atoms with Crippen molar-refractivity contribution in [2.75, 3.05) is 6.61 Å². The second kappa shape index (κ2) is 6.54. The summed E-state index contributed by atoms with van der Waals surface area (Å²) < 4.78 is 0. The van der Waals surface area contributed by atoms with Crippen LogP contribution in [0.5, 0.6) is 0 Å². The predicted molar refractivity (Wildman–Crippen MR) is 77.9 cm³/mol. The van der Waals surface area contributed by atoms with Crippen molar-refractivity contribution < 1.29 is 5.11 Å². The minimum absolute atomic E-state index is 0.269. The smallest absolute Gasteiger partial charge is 0.124 e. The number of nitrogens with zero attached hydrogens (tertiary/aromatic N) is 1. The first-order valence-corrected chi connectivity index (χ1v) is 8.36. The van der Waals surface area contributed by atoms with Crippen LogP contribution in [0.3, 0.4) is 0 Å². The lowest BCUT2D eigenvalue weighted by atomic mass is 10.3. The first kappa shape index (κ1) is 13.1. The Morgan fingerprint density at radius 2 is 2.35 bits per heavy atom. The van der Waals surface area contributed by atoms with Crippen molar-refractivity contribution in [1.29, 1.82) is 0 Å². The first-order valence-electron chi connectivity index (χ1n) is 5.49. The monoisotopic (exact) mass is 285 g/mol. The van der Waals surface area contributed by atoms with E-state index in [0.29, 0.717) is 5.25 Å². The molecule has 2 nitrogen and oxygen atoms in total. The lowest BCUT2D eigenvalue weighted by molar-refractivity contribution is 0.289. The molecule has 92 valence electrons. The summed E-state index contributed by atoms with van der Waals surface area (Å²) in [6.07, 6.45) is 0.853. The first-order chi connectivity index (χ1) is 8.29. The zero-order chi connectivity index (χ0) is 12.1. The van der Waals surface area contributed by atoms with Crippen LogP contribution >= 0.6 is 34.4 Å². The van der Waals surface area contributed by atoms with Gasteiger partial charge in [0.1, 0.15) is 5.01 Å².